The Balaban J connectivity index is 2.13. The van der Waals surface area contributed by atoms with Gasteiger partial charge in [0.15, 0.2) is 0 Å². The van der Waals surface area contributed by atoms with Crippen molar-refractivity contribution in [3.8, 4) is 6.07 Å². The van der Waals surface area contributed by atoms with Crippen LogP contribution in [0.5, 0.6) is 0 Å². The summed E-state index contributed by atoms with van der Waals surface area (Å²) in [6.45, 7) is 0. The van der Waals surface area contributed by atoms with Gasteiger partial charge in [-0.1, -0.05) is 28.1 Å². The molecule has 0 radical (unpaired) electrons. The van der Waals surface area contributed by atoms with Gasteiger partial charge in [0.1, 0.15) is 5.82 Å². The highest BCUT2D eigenvalue weighted by molar-refractivity contribution is 9.10. The number of carbonyl (C=O) groups is 1. The van der Waals surface area contributed by atoms with E-state index >= 15 is 0 Å². The summed E-state index contributed by atoms with van der Waals surface area (Å²) in [5, 5.41) is 11.2. The fraction of sp³-hybridized carbons (Fsp3) is 0.0667. The Hall–Kier alpha value is -2.19. The molecule has 3 nitrogen and oxygen atoms in total. The second-order valence-electron chi connectivity index (χ2n) is 4.11. The van der Waals surface area contributed by atoms with E-state index in [4.69, 9.17) is 5.26 Å². The summed E-state index contributed by atoms with van der Waals surface area (Å²) in [5.74, 6) is -1.10. The van der Waals surface area contributed by atoms with Crippen LogP contribution in [0.4, 0.5) is 10.1 Å². The molecule has 1 N–H and O–H groups in total. The number of halogens is 2. The highest BCUT2D eigenvalue weighted by Gasteiger charge is 2.12. The van der Waals surface area contributed by atoms with Crippen molar-refractivity contribution in [3.05, 3.63) is 63.9 Å². The summed E-state index contributed by atoms with van der Waals surface area (Å²) in [6, 6.07) is 13.2. The third-order valence-corrected chi connectivity index (χ3v) is 3.16. The van der Waals surface area contributed by atoms with Crippen molar-refractivity contribution in [3.63, 3.8) is 0 Å². The van der Waals surface area contributed by atoms with E-state index in [2.05, 4.69) is 21.2 Å². The molecule has 2 aromatic carbocycles. The van der Waals surface area contributed by atoms with Gasteiger partial charge in [0.25, 0.3) is 5.91 Å². The topological polar surface area (TPSA) is 52.9 Å². The van der Waals surface area contributed by atoms with Crippen LogP contribution in [0.25, 0.3) is 0 Å². The van der Waals surface area contributed by atoms with Crippen molar-refractivity contribution in [2.24, 2.45) is 0 Å². The first-order valence-corrected chi connectivity index (χ1v) is 6.62. The Labute approximate surface area is 124 Å². The van der Waals surface area contributed by atoms with Crippen LogP contribution in [0, 0.1) is 17.1 Å². The van der Waals surface area contributed by atoms with Crippen molar-refractivity contribution >= 4 is 27.5 Å². The molecule has 0 saturated heterocycles. The second kappa shape index (κ2) is 6.31. The van der Waals surface area contributed by atoms with Crippen LogP contribution in [0.15, 0.2) is 46.9 Å². The number of rotatable bonds is 3. The molecule has 0 aliphatic carbocycles. The number of hydrogen-bond donors (Lipinski definition) is 1. The highest BCUT2D eigenvalue weighted by Crippen LogP contribution is 2.17. The van der Waals surface area contributed by atoms with E-state index in [-0.39, 0.29) is 5.56 Å². The molecule has 0 fully saturated rings. The number of anilines is 1. The first-order chi connectivity index (χ1) is 9.60. The lowest BCUT2D eigenvalue weighted by Gasteiger charge is -2.07. The van der Waals surface area contributed by atoms with Gasteiger partial charge in [0, 0.05) is 10.2 Å². The summed E-state index contributed by atoms with van der Waals surface area (Å²) in [5.41, 5.74) is 1.40. The summed E-state index contributed by atoms with van der Waals surface area (Å²) in [4.78, 5) is 11.9. The van der Waals surface area contributed by atoms with Gasteiger partial charge < -0.3 is 5.32 Å². The van der Waals surface area contributed by atoms with E-state index in [1.54, 1.807) is 30.3 Å². The van der Waals surface area contributed by atoms with Crippen molar-refractivity contribution in [2.45, 2.75) is 6.42 Å². The Morgan fingerprint density at radius 2 is 1.95 bits per heavy atom. The van der Waals surface area contributed by atoms with Crippen LogP contribution in [-0.2, 0) is 6.42 Å². The Bertz CT molecular complexity index is 677. The molecular formula is C15H10BrFN2O. The molecule has 0 bridgehead atoms. The minimum Gasteiger partial charge on any atom is -0.322 e. The smallest absolute Gasteiger partial charge is 0.258 e. The summed E-state index contributed by atoms with van der Waals surface area (Å²) in [6.07, 6.45) is 0.315. The average Bonchev–Trinajstić information content (AvgIpc) is 2.41. The van der Waals surface area contributed by atoms with Gasteiger partial charge in [-0.25, -0.2) is 4.39 Å². The normalized spacial score (nSPS) is 9.85. The molecule has 0 aliphatic rings. The van der Waals surface area contributed by atoms with Crippen LogP contribution in [-0.4, -0.2) is 5.91 Å². The molecule has 0 aromatic heterocycles. The largest absolute Gasteiger partial charge is 0.322 e. The SMILES string of the molecule is N#CCc1ccc(NC(=O)c2ccc(Br)cc2F)cc1. The number of nitrogens with zero attached hydrogens (tertiary/aromatic N) is 1. The molecule has 0 spiro atoms. The Kier molecular flexibility index (Phi) is 4.49. The molecule has 2 rings (SSSR count). The molecule has 0 saturated carbocycles. The second-order valence-corrected chi connectivity index (χ2v) is 5.03. The fourth-order valence-electron chi connectivity index (χ4n) is 1.67. The van der Waals surface area contributed by atoms with E-state index in [9.17, 15) is 9.18 Å². The number of nitriles is 1. The fourth-order valence-corrected chi connectivity index (χ4v) is 2.00. The number of amides is 1. The maximum atomic E-state index is 13.6. The predicted molar refractivity (Wildman–Crippen MR) is 77.8 cm³/mol. The average molecular weight is 333 g/mol. The maximum absolute atomic E-state index is 13.6. The van der Waals surface area contributed by atoms with Gasteiger partial charge in [-0.15, -0.1) is 0 Å². The molecule has 0 atom stereocenters. The van der Waals surface area contributed by atoms with E-state index in [1.807, 2.05) is 6.07 Å². The third-order valence-electron chi connectivity index (χ3n) is 2.67. The van der Waals surface area contributed by atoms with Gasteiger partial charge >= 0.3 is 0 Å². The number of nitrogens with one attached hydrogen (secondary N) is 1. The van der Waals surface area contributed by atoms with Crippen LogP contribution in [0.3, 0.4) is 0 Å². The Morgan fingerprint density at radius 3 is 2.55 bits per heavy atom. The van der Waals surface area contributed by atoms with E-state index in [0.29, 0.717) is 16.6 Å². The molecule has 1 amide bonds. The molecule has 2 aromatic rings. The molecule has 20 heavy (non-hydrogen) atoms. The quantitative estimate of drug-likeness (QED) is 0.926. The summed E-state index contributed by atoms with van der Waals surface area (Å²) >= 11 is 3.14. The van der Waals surface area contributed by atoms with Crippen molar-refractivity contribution in [1.29, 1.82) is 5.26 Å². The van der Waals surface area contributed by atoms with Crippen LogP contribution in [0.2, 0.25) is 0 Å². The van der Waals surface area contributed by atoms with Crippen molar-refractivity contribution in [2.75, 3.05) is 5.32 Å². The molecule has 5 heteroatoms. The molecule has 100 valence electrons. The lowest BCUT2D eigenvalue weighted by atomic mass is 10.1. The lowest BCUT2D eigenvalue weighted by molar-refractivity contribution is 0.102. The monoisotopic (exact) mass is 332 g/mol. The van der Waals surface area contributed by atoms with E-state index < -0.39 is 11.7 Å². The standard InChI is InChI=1S/C15H10BrFN2O/c16-11-3-6-13(14(17)9-11)15(20)19-12-4-1-10(2-5-12)7-8-18/h1-6,9H,7H2,(H,19,20). The number of hydrogen-bond acceptors (Lipinski definition) is 2. The van der Waals surface area contributed by atoms with E-state index in [1.165, 1.54) is 12.1 Å². The molecule has 0 heterocycles. The lowest BCUT2D eigenvalue weighted by Crippen LogP contribution is -2.13. The van der Waals surface area contributed by atoms with Gasteiger partial charge in [0.05, 0.1) is 18.1 Å². The van der Waals surface area contributed by atoms with Gasteiger partial charge in [0.2, 0.25) is 0 Å². The van der Waals surface area contributed by atoms with Crippen molar-refractivity contribution < 1.29 is 9.18 Å². The molecule has 0 unspecified atom stereocenters. The van der Waals surface area contributed by atoms with Crippen LogP contribution < -0.4 is 5.32 Å². The van der Waals surface area contributed by atoms with Crippen molar-refractivity contribution in [1.82, 2.24) is 0 Å². The van der Waals surface area contributed by atoms with E-state index in [0.717, 1.165) is 5.56 Å². The molecule has 0 aliphatic heterocycles. The first-order valence-electron chi connectivity index (χ1n) is 5.82. The minimum atomic E-state index is -0.585. The van der Waals surface area contributed by atoms with Crippen LogP contribution in [0.1, 0.15) is 15.9 Å². The third kappa shape index (κ3) is 3.43. The molecular weight excluding hydrogens is 323 g/mol. The summed E-state index contributed by atoms with van der Waals surface area (Å²) in [7, 11) is 0. The van der Waals surface area contributed by atoms with Crippen LogP contribution >= 0.6 is 15.9 Å². The zero-order valence-electron chi connectivity index (χ0n) is 10.4. The minimum absolute atomic E-state index is 0.0192. The zero-order chi connectivity index (χ0) is 14.5. The van der Waals surface area contributed by atoms with Gasteiger partial charge in [-0.3, -0.25) is 4.79 Å². The number of benzene rings is 2. The summed E-state index contributed by atoms with van der Waals surface area (Å²) < 4.78 is 14.2. The predicted octanol–water partition coefficient (Wildman–Crippen LogP) is 3.91. The Morgan fingerprint density at radius 1 is 1.25 bits per heavy atom. The maximum Gasteiger partial charge on any atom is 0.258 e. The first kappa shape index (κ1) is 14.2. The number of carbonyl (C=O) groups excluding carboxylic acids is 1. The zero-order valence-corrected chi connectivity index (χ0v) is 11.9. The highest BCUT2D eigenvalue weighted by atomic mass is 79.9. The van der Waals surface area contributed by atoms with Gasteiger partial charge in [-0.2, -0.15) is 5.26 Å². The van der Waals surface area contributed by atoms with Gasteiger partial charge in [-0.05, 0) is 35.9 Å².